The minimum Gasteiger partial charge on any atom is -0.356 e. The Bertz CT molecular complexity index is 677. The fourth-order valence-corrected chi connectivity index (χ4v) is 2.20. The molecule has 1 aromatic heterocycles. The lowest BCUT2D eigenvalue weighted by Gasteiger charge is -2.07. The van der Waals surface area contributed by atoms with E-state index in [0.29, 0.717) is 6.54 Å². The monoisotopic (exact) mass is 300 g/mol. The van der Waals surface area contributed by atoms with Crippen molar-refractivity contribution >= 4 is 17.5 Å². The Hall–Kier alpha value is -2.63. The number of anilines is 1. The third kappa shape index (κ3) is 3.72. The Morgan fingerprint density at radius 2 is 1.86 bits per heavy atom. The summed E-state index contributed by atoms with van der Waals surface area (Å²) in [7, 11) is 0. The molecule has 0 fully saturated rings. The molecule has 0 atom stereocenters. The van der Waals surface area contributed by atoms with Crippen LogP contribution in [0.15, 0.2) is 30.3 Å². The highest BCUT2D eigenvalue weighted by atomic mass is 16.2. The van der Waals surface area contributed by atoms with Crippen LogP contribution in [0.5, 0.6) is 0 Å². The number of nitrogens with zero attached hydrogens (tertiary/aromatic N) is 2. The van der Waals surface area contributed by atoms with E-state index in [-0.39, 0.29) is 18.2 Å². The molecule has 0 aliphatic carbocycles. The zero-order valence-electron chi connectivity index (χ0n) is 13.0. The van der Waals surface area contributed by atoms with Gasteiger partial charge in [0.05, 0.1) is 22.8 Å². The molecule has 2 N–H and O–H groups in total. The molecule has 0 aliphatic rings. The third-order valence-electron chi connectivity index (χ3n) is 3.28. The van der Waals surface area contributed by atoms with E-state index in [4.69, 9.17) is 0 Å². The van der Waals surface area contributed by atoms with Crippen molar-refractivity contribution in [2.45, 2.75) is 27.2 Å². The molecule has 2 amide bonds. The first kappa shape index (κ1) is 15.8. The predicted molar refractivity (Wildman–Crippen MR) is 85.0 cm³/mol. The molecule has 0 saturated carbocycles. The standard InChI is InChI=1S/C16H20N4O2/c1-11-16(18-15(22)9-10-17-13(3)21)12(2)20(19-11)14-7-5-4-6-8-14/h4-8H,9-10H2,1-3H3,(H,17,21)(H,18,22). The number of hydrogen-bond acceptors (Lipinski definition) is 3. The van der Waals surface area contributed by atoms with Gasteiger partial charge in [0.25, 0.3) is 0 Å². The van der Waals surface area contributed by atoms with Crippen molar-refractivity contribution in [3.8, 4) is 5.69 Å². The zero-order chi connectivity index (χ0) is 16.1. The van der Waals surface area contributed by atoms with Gasteiger partial charge in [-0.2, -0.15) is 5.10 Å². The topological polar surface area (TPSA) is 76.0 Å². The Morgan fingerprint density at radius 1 is 1.18 bits per heavy atom. The highest BCUT2D eigenvalue weighted by Gasteiger charge is 2.14. The fraction of sp³-hybridized carbons (Fsp3) is 0.312. The third-order valence-corrected chi connectivity index (χ3v) is 3.28. The normalized spacial score (nSPS) is 10.3. The molecule has 2 rings (SSSR count). The van der Waals surface area contributed by atoms with Crippen molar-refractivity contribution in [3.63, 3.8) is 0 Å². The fourth-order valence-electron chi connectivity index (χ4n) is 2.20. The number of benzene rings is 1. The van der Waals surface area contributed by atoms with Crippen LogP contribution in [0.3, 0.4) is 0 Å². The summed E-state index contributed by atoms with van der Waals surface area (Å²) >= 11 is 0. The van der Waals surface area contributed by atoms with E-state index in [2.05, 4.69) is 15.7 Å². The van der Waals surface area contributed by atoms with Gasteiger partial charge >= 0.3 is 0 Å². The first-order chi connectivity index (χ1) is 10.5. The molecule has 2 aromatic rings. The minimum atomic E-state index is -0.146. The molecule has 1 aromatic carbocycles. The van der Waals surface area contributed by atoms with Crippen molar-refractivity contribution < 1.29 is 9.59 Å². The molecule has 22 heavy (non-hydrogen) atoms. The summed E-state index contributed by atoms with van der Waals surface area (Å²) in [6.45, 7) is 5.52. The van der Waals surface area contributed by atoms with E-state index in [0.717, 1.165) is 22.8 Å². The molecule has 0 saturated heterocycles. The Kier molecular flexibility index (Phi) is 4.93. The molecule has 0 radical (unpaired) electrons. The summed E-state index contributed by atoms with van der Waals surface area (Å²) in [6, 6.07) is 9.75. The van der Waals surface area contributed by atoms with Crippen molar-refractivity contribution in [2.24, 2.45) is 0 Å². The summed E-state index contributed by atoms with van der Waals surface area (Å²) in [4.78, 5) is 22.7. The maximum Gasteiger partial charge on any atom is 0.226 e. The lowest BCUT2D eigenvalue weighted by atomic mass is 10.2. The molecule has 116 valence electrons. The Labute approximate surface area is 129 Å². The molecule has 0 aliphatic heterocycles. The van der Waals surface area contributed by atoms with Gasteiger partial charge in [-0.15, -0.1) is 0 Å². The highest BCUT2D eigenvalue weighted by molar-refractivity contribution is 5.92. The number of hydrogen-bond donors (Lipinski definition) is 2. The number of amides is 2. The molecule has 0 bridgehead atoms. The lowest BCUT2D eigenvalue weighted by molar-refractivity contribution is -0.119. The number of carbonyl (C=O) groups excluding carboxylic acids is 2. The van der Waals surface area contributed by atoms with Crippen LogP contribution in [0.2, 0.25) is 0 Å². The van der Waals surface area contributed by atoms with Crippen LogP contribution in [0.1, 0.15) is 24.7 Å². The van der Waals surface area contributed by atoms with Crippen LogP contribution >= 0.6 is 0 Å². The second-order valence-corrected chi connectivity index (χ2v) is 5.07. The van der Waals surface area contributed by atoms with Gasteiger partial charge in [0.15, 0.2) is 0 Å². The number of aromatic nitrogens is 2. The molecule has 6 nitrogen and oxygen atoms in total. The van der Waals surface area contributed by atoms with E-state index < -0.39 is 0 Å². The molecule has 0 unspecified atom stereocenters. The van der Waals surface area contributed by atoms with Gasteiger partial charge in [0.2, 0.25) is 11.8 Å². The Morgan fingerprint density at radius 3 is 2.50 bits per heavy atom. The summed E-state index contributed by atoms with van der Waals surface area (Å²) in [5, 5.41) is 9.94. The number of aryl methyl sites for hydroxylation is 1. The van der Waals surface area contributed by atoms with E-state index in [9.17, 15) is 9.59 Å². The van der Waals surface area contributed by atoms with Crippen LogP contribution in [-0.2, 0) is 9.59 Å². The first-order valence-electron chi connectivity index (χ1n) is 7.15. The van der Waals surface area contributed by atoms with E-state index >= 15 is 0 Å². The number of nitrogens with one attached hydrogen (secondary N) is 2. The number of carbonyl (C=O) groups is 2. The average molecular weight is 300 g/mol. The maximum atomic E-state index is 11.9. The quantitative estimate of drug-likeness (QED) is 0.886. The van der Waals surface area contributed by atoms with E-state index in [1.807, 2.05) is 44.2 Å². The molecule has 0 spiro atoms. The van der Waals surface area contributed by atoms with Gasteiger partial charge < -0.3 is 10.6 Å². The maximum absolute atomic E-state index is 11.9. The van der Waals surface area contributed by atoms with Crippen LogP contribution < -0.4 is 10.6 Å². The van der Waals surface area contributed by atoms with Crippen molar-refractivity contribution in [1.82, 2.24) is 15.1 Å². The van der Waals surface area contributed by atoms with Crippen molar-refractivity contribution in [3.05, 3.63) is 41.7 Å². The van der Waals surface area contributed by atoms with Crippen LogP contribution in [0.4, 0.5) is 5.69 Å². The summed E-state index contributed by atoms with van der Waals surface area (Å²) in [6.07, 6.45) is 0.231. The highest BCUT2D eigenvalue weighted by Crippen LogP contribution is 2.22. The predicted octanol–water partition coefficient (Wildman–Crippen LogP) is 1.95. The van der Waals surface area contributed by atoms with Crippen molar-refractivity contribution in [1.29, 1.82) is 0 Å². The van der Waals surface area contributed by atoms with Gasteiger partial charge in [-0.05, 0) is 26.0 Å². The van der Waals surface area contributed by atoms with Gasteiger partial charge in [-0.3, -0.25) is 9.59 Å². The summed E-state index contributed by atoms with van der Waals surface area (Å²) < 4.78 is 1.80. The number of para-hydroxylation sites is 1. The van der Waals surface area contributed by atoms with E-state index in [1.54, 1.807) is 4.68 Å². The van der Waals surface area contributed by atoms with Gasteiger partial charge in [0.1, 0.15) is 0 Å². The minimum absolute atomic E-state index is 0.142. The molecular weight excluding hydrogens is 280 g/mol. The van der Waals surface area contributed by atoms with Gasteiger partial charge in [-0.1, -0.05) is 18.2 Å². The van der Waals surface area contributed by atoms with E-state index in [1.165, 1.54) is 6.92 Å². The second-order valence-electron chi connectivity index (χ2n) is 5.07. The molecular formula is C16H20N4O2. The average Bonchev–Trinajstić information content (AvgIpc) is 2.76. The van der Waals surface area contributed by atoms with Crippen LogP contribution in [-0.4, -0.2) is 28.1 Å². The summed E-state index contributed by atoms with van der Waals surface area (Å²) in [5.41, 5.74) is 3.30. The van der Waals surface area contributed by atoms with Crippen molar-refractivity contribution in [2.75, 3.05) is 11.9 Å². The van der Waals surface area contributed by atoms with Crippen LogP contribution in [0, 0.1) is 13.8 Å². The SMILES string of the molecule is CC(=O)NCCC(=O)Nc1c(C)nn(-c2ccccc2)c1C. The Balaban J connectivity index is 2.11. The smallest absolute Gasteiger partial charge is 0.226 e. The summed E-state index contributed by atoms with van der Waals surface area (Å²) in [5.74, 6) is -0.287. The first-order valence-corrected chi connectivity index (χ1v) is 7.15. The van der Waals surface area contributed by atoms with Gasteiger partial charge in [-0.25, -0.2) is 4.68 Å². The zero-order valence-corrected chi connectivity index (χ0v) is 13.0. The van der Waals surface area contributed by atoms with Crippen LogP contribution in [0.25, 0.3) is 5.69 Å². The molecule has 1 heterocycles. The second kappa shape index (κ2) is 6.89. The lowest BCUT2D eigenvalue weighted by Crippen LogP contribution is -2.25. The largest absolute Gasteiger partial charge is 0.356 e. The number of rotatable bonds is 5. The molecule has 6 heteroatoms. The van der Waals surface area contributed by atoms with Gasteiger partial charge in [0, 0.05) is 19.9 Å².